The third-order valence-corrected chi connectivity index (χ3v) is 3.04. The summed E-state index contributed by atoms with van der Waals surface area (Å²) >= 11 is 3.38. The van der Waals surface area contributed by atoms with Crippen molar-refractivity contribution in [1.29, 1.82) is 0 Å². The number of amides is 1. The molecule has 3 nitrogen and oxygen atoms in total. The van der Waals surface area contributed by atoms with Crippen molar-refractivity contribution < 1.29 is 4.79 Å². The fourth-order valence-electron chi connectivity index (χ4n) is 1.49. The van der Waals surface area contributed by atoms with Crippen molar-refractivity contribution >= 4 is 34.2 Å². The van der Waals surface area contributed by atoms with E-state index in [0.717, 1.165) is 30.3 Å². The van der Waals surface area contributed by atoms with E-state index in [1.54, 1.807) is 0 Å². The van der Waals surface area contributed by atoms with Gasteiger partial charge in [-0.3, -0.25) is 4.79 Å². The number of benzene rings is 1. The topological polar surface area (TPSA) is 55.1 Å². The maximum atomic E-state index is 11.5. The van der Waals surface area contributed by atoms with Gasteiger partial charge in [-0.15, -0.1) is 12.4 Å². The highest BCUT2D eigenvalue weighted by molar-refractivity contribution is 9.10. The van der Waals surface area contributed by atoms with Gasteiger partial charge < -0.3 is 11.1 Å². The van der Waals surface area contributed by atoms with Gasteiger partial charge in [-0.1, -0.05) is 28.1 Å². The maximum Gasteiger partial charge on any atom is 0.220 e. The average Bonchev–Trinajstić information content (AvgIpc) is 2.34. The van der Waals surface area contributed by atoms with Crippen molar-refractivity contribution in [3.05, 3.63) is 34.3 Å². The number of nitrogens with two attached hydrogens (primary N) is 1. The van der Waals surface area contributed by atoms with Gasteiger partial charge in [0.15, 0.2) is 0 Å². The first kappa shape index (κ1) is 17.4. The molecule has 1 rings (SSSR count). The lowest BCUT2D eigenvalue weighted by molar-refractivity contribution is -0.121. The van der Waals surface area contributed by atoms with Crippen molar-refractivity contribution in [1.82, 2.24) is 5.32 Å². The molecule has 1 aromatic carbocycles. The van der Waals surface area contributed by atoms with Gasteiger partial charge in [0.2, 0.25) is 5.91 Å². The van der Waals surface area contributed by atoms with Crippen LogP contribution in [0.15, 0.2) is 28.7 Å². The van der Waals surface area contributed by atoms with Crippen LogP contribution in [0.2, 0.25) is 0 Å². The Kier molecular flexibility index (Phi) is 10.0. The second kappa shape index (κ2) is 10.4. The van der Waals surface area contributed by atoms with Crippen LogP contribution in [0.3, 0.4) is 0 Å². The Bertz CT molecular complexity index is 343. The normalized spacial score (nSPS) is 9.67. The molecule has 102 valence electrons. The van der Waals surface area contributed by atoms with Crippen molar-refractivity contribution in [2.45, 2.75) is 25.7 Å². The third-order valence-electron chi connectivity index (χ3n) is 2.51. The number of hydrogen-bond donors (Lipinski definition) is 2. The van der Waals surface area contributed by atoms with E-state index in [1.807, 2.05) is 24.3 Å². The van der Waals surface area contributed by atoms with Gasteiger partial charge >= 0.3 is 0 Å². The molecule has 0 saturated heterocycles. The third kappa shape index (κ3) is 7.69. The zero-order chi connectivity index (χ0) is 12.5. The molecule has 0 aliphatic carbocycles. The Morgan fingerprint density at radius 3 is 2.50 bits per heavy atom. The molecule has 0 radical (unpaired) electrons. The fourth-order valence-corrected chi connectivity index (χ4v) is 1.76. The van der Waals surface area contributed by atoms with Gasteiger partial charge in [-0.2, -0.15) is 0 Å². The molecule has 1 amide bonds. The number of aryl methyl sites for hydroxylation is 1. The highest BCUT2D eigenvalue weighted by Gasteiger charge is 2.01. The summed E-state index contributed by atoms with van der Waals surface area (Å²) in [6.07, 6.45) is 3.26. The molecule has 1 aromatic rings. The Morgan fingerprint density at radius 2 is 1.89 bits per heavy atom. The summed E-state index contributed by atoms with van der Waals surface area (Å²) in [6, 6.07) is 8.06. The highest BCUT2D eigenvalue weighted by atomic mass is 79.9. The minimum Gasteiger partial charge on any atom is -0.356 e. The molecule has 0 heterocycles. The number of hydrogen-bond acceptors (Lipinski definition) is 2. The van der Waals surface area contributed by atoms with E-state index in [2.05, 4.69) is 21.2 Å². The maximum absolute atomic E-state index is 11.5. The molecule has 0 fully saturated rings. The van der Waals surface area contributed by atoms with E-state index in [-0.39, 0.29) is 18.3 Å². The van der Waals surface area contributed by atoms with Gasteiger partial charge in [0.1, 0.15) is 0 Å². The first-order valence-electron chi connectivity index (χ1n) is 5.93. The van der Waals surface area contributed by atoms with Crippen LogP contribution in [0.5, 0.6) is 0 Å². The van der Waals surface area contributed by atoms with Gasteiger partial charge in [0.25, 0.3) is 0 Å². The number of carbonyl (C=O) groups is 1. The second-order valence-electron chi connectivity index (χ2n) is 3.97. The lowest BCUT2D eigenvalue weighted by Gasteiger charge is -2.04. The average molecular weight is 336 g/mol. The SMILES string of the molecule is Cl.NCCCCNC(=O)CCc1ccc(Br)cc1. The van der Waals surface area contributed by atoms with Crippen molar-refractivity contribution in [3.8, 4) is 0 Å². The van der Waals surface area contributed by atoms with E-state index in [0.29, 0.717) is 13.0 Å². The summed E-state index contributed by atoms with van der Waals surface area (Å²) in [5.41, 5.74) is 6.56. The lowest BCUT2D eigenvalue weighted by Crippen LogP contribution is -2.25. The molecular weight excluding hydrogens is 316 g/mol. The molecule has 0 bridgehead atoms. The lowest BCUT2D eigenvalue weighted by atomic mass is 10.1. The van der Waals surface area contributed by atoms with E-state index >= 15 is 0 Å². The quantitative estimate of drug-likeness (QED) is 0.753. The Morgan fingerprint density at radius 1 is 1.22 bits per heavy atom. The second-order valence-corrected chi connectivity index (χ2v) is 4.89. The van der Waals surface area contributed by atoms with E-state index < -0.39 is 0 Å². The molecule has 0 aliphatic heterocycles. The molecule has 18 heavy (non-hydrogen) atoms. The summed E-state index contributed by atoms with van der Waals surface area (Å²) in [4.78, 5) is 11.5. The first-order valence-corrected chi connectivity index (χ1v) is 6.73. The Labute approximate surface area is 123 Å². The van der Waals surface area contributed by atoms with Crippen LogP contribution >= 0.6 is 28.3 Å². The van der Waals surface area contributed by atoms with Crippen LogP contribution in [0.4, 0.5) is 0 Å². The number of rotatable bonds is 7. The van der Waals surface area contributed by atoms with Crippen molar-refractivity contribution in [2.75, 3.05) is 13.1 Å². The Hall–Kier alpha value is -0.580. The molecule has 0 aliphatic rings. The van der Waals surface area contributed by atoms with Crippen LogP contribution in [-0.4, -0.2) is 19.0 Å². The van der Waals surface area contributed by atoms with Gasteiger partial charge in [0, 0.05) is 17.4 Å². The minimum absolute atomic E-state index is 0. The molecular formula is C13H20BrClN2O. The summed E-state index contributed by atoms with van der Waals surface area (Å²) < 4.78 is 1.06. The van der Waals surface area contributed by atoms with Crippen molar-refractivity contribution in [2.24, 2.45) is 5.73 Å². The van der Waals surface area contributed by atoms with Gasteiger partial charge in [-0.05, 0) is 43.5 Å². The van der Waals surface area contributed by atoms with Gasteiger partial charge in [-0.25, -0.2) is 0 Å². The van der Waals surface area contributed by atoms with Crippen LogP contribution in [0.1, 0.15) is 24.8 Å². The number of unbranched alkanes of at least 4 members (excludes halogenated alkanes) is 1. The van der Waals surface area contributed by atoms with E-state index in [1.165, 1.54) is 5.56 Å². The Balaban J connectivity index is 0.00000289. The summed E-state index contributed by atoms with van der Waals surface area (Å²) in [6.45, 7) is 1.42. The molecule has 0 saturated carbocycles. The highest BCUT2D eigenvalue weighted by Crippen LogP contribution is 2.11. The molecule has 5 heteroatoms. The monoisotopic (exact) mass is 334 g/mol. The standard InChI is InChI=1S/C13H19BrN2O.ClH/c14-12-6-3-11(4-7-12)5-8-13(17)16-10-2-1-9-15;/h3-4,6-7H,1-2,5,8-10,15H2,(H,16,17);1H. The van der Waals surface area contributed by atoms with E-state index in [4.69, 9.17) is 5.73 Å². The molecule has 0 aromatic heterocycles. The summed E-state index contributed by atoms with van der Waals surface area (Å²) in [5.74, 6) is 0.116. The van der Waals surface area contributed by atoms with Crippen molar-refractivity contribution in [3.63, 3.8) is 0 Å². The van der Waals surface area contributed by atoms with Crippen LogP contribution < -0.4 is 11.1 Å². The van der Waals surface area contributed by atoms with Crippen LogP contribution in [0.25, 0.3) is 0 Å². The summed E-state index contributed by atoms with van der Waals surface area (Å²) in [7, 11) is 0. The largest absolute Gasteiger partial charge is 0.356 e. The molecule has 0 atom stereocenters. The molecule has 3 N–H and O–H groups in total. The van der Waals surface area contributed by atoms with Crippen LogP contribution in [-0.2, 0) is 11.2 Å². The number of halogens is 2. The zero-order valence-corrected chi connectivity index (χ0v) is 12.7. The molecule has 0 spiro atoms. The fraction of sp³-hybridized carbons (Fsp3) is 0.462. The molecule has 0 unspecified atom stereocenters. The summed E-state index contributed by atoms with van der Waals surface area (Å²) in [5, 5.41) is 2.90. The predicted molar refractivity (Wildman–Crippen MR) is 81.0 cm³/mol. The van der Waals surface area contributed by atoms with Crippen LogP contribution in [0, 0.1) is 0 Å². The number of nitrogens with one attached hydrogen (secondary N) is 1. The smallest absolute Gasteiger partial charge is 0.220 e. The zero-order valence-electron chi connectivity index (χ0n) is 10.3. The minimum atomic E-state index is 0. The van der Waals surface area contributed by atoms with Gasteiger partial charge in [0.05, 0.1) is 0 Å². The first-order chi connectivity index (χ1) is 8.22. The number of carbonyl (C=O) groups excluding carboxylic acids is 1. The van der Waals surface area contributed by atoms with E-state index in [9.17, 15) is 4.79 Å². The predicted octanol–water partition coefficient (Wildman–Crippen LogP) is 2.66.